The molecule has 0 aliphatic rings. The molecule has 2 atom stereocenters. The molecule has 0 fully saturated rings. The van der Waals surface area contributed by atoms with Crippen LogP contribution in [-0.2, 0) is 11.2 Å². The van der Waals surface area contributed by atoms with Crippen LogP contribution in [0.2, 0.25) is 0 Å². The molecule has 0 heterocycles. The molecule has 1 amide bonds. The second-order valence-corrected chi connectivity index (χ2v) is 5.56. The number of hydrogen-bond donors (Lipinski definition) is 1. The Morgan fingerprint density at radius 2 is 2.05 bits per heavy atom. The molecule has 4 nitrogen and oxygen atoms in total. The van der Waals surface area contributed by atoms with Gasteiger partial charge >= 0.3 is 0 Å². The highest BCUT2D eigenvalue weighted by Gasteiger charge is 2.22. The molecular formula is C17H28N2O2. The Morgan fingerprint density at radius 3 is 2.67 bits per heavy atom. The Balaban J connectivity index is 2.65. The standard InChI is InChI=1S/C17H28N2O2/c1-5-6-10-15(18)17(20)19(3)13(2)12-14-9-7-8-11-16(14)21-4/h7-9,11,13,15H,5-6,10,12,18H2,1-4H3/t13?,15-/m0/s1. The van der Waals surface area contributed by atoms with Gasteiger partial charge in [-0.15, -0.1) is 0 Å². The first-order valence-electron chi connectivity index (χ1n) is 7.65. The van der Waals surface area contributed by atoms with Crippen molar-refractivity contribution in [2.45, 2.75) is 51.6 Å². The van der Waals surface area contributed by atoms with Crippen LogP contribution in [0.4, 0.5) is 0 Å². The normalized spacial score (nSPS) is 13.6. The SMILES string of the molecule is CCCC[C@H](N)C(=O)N(C)C(C)Cc1ccccc1OC. The minimum atomic E-state index is -0.393. The lowest BCUT2D eigenvalue weighted by atomic mass is 10.0. The minimum absolute atomic E-state index is 0.0193. The van der Waals surface area contributed by atoms with Gasteiger partial charge in [0, 0.05) is 13.1 Å². The zero-order valence-electron chi connectivity index (χ0n) is 13.6. The van der Waals surface area contributed by atoms with Crippen molar-refractivity contribution in [1.29, 1.82) is 0 Å². The van der Waals surface area contributed by atoms with Gasteiger partial charge in [-0.2, -0.15) is 0 Å². The molecule has 1 aromatic rings. The highest BCUT2D eigenvalue weighted by molar-refractivity contribution is 5.81. The van der Waals surface area contributed by atoms with Crippen LogP contribution in [0.1, 0.15) is 38.7 Å². The number of nitrogens with zero attached hydrogens (tertiary/aromatic N) is 1. The Kier molecular flexibility index (Phi) is 7.23. The number of ether oxygens (including phenoxy) is 1. The molecule has 21 heavy (non-hydrogen) atoms. The van der Waals surface area contributed by atoms with Crippen LogP contribution in [0.3, 0.4) is 0 Å². The van der Waals surface area contributed by atoms with E-state index >= 15 is 0 Å². The predicted octanol–water partition coefficient (Wildman–Crippen LogP) is 2.60. The van der Waals surface area contributed by atoms with Gasteiger partial charge in [0.1, 0.15) is 5.75 Å². The zero-order chi connectivity index (χ0) is 15.8. The molecule has 1 unspecified atom stereocenters. The van der Waals surface area contributed by atoms with E-state index in [0.717, 1.165) is 37.0 Å². The molecule has 1 rings (SSSR count). The van der Waals surface area contributed by atoms with E-state index in [4.69, 9.17) is 10.5 Å². The number of hydrogen-bond acceptors (Lipinski definition) is 3. The van der Waals surface area contributed by atoms with Crippen LogP contribution < -0.4 is 10.5 Å². The number of carbonyl (C=O) groups is 1. The van der Waals surface area contributed by atoms with Gasteiger partial charge in [-0.3, -0.25) is 4.79 Å². The highest BCUT2D eigenvalue weighted by atomic mass is 16.5. The van der Waals surface area contributed by atoms with Crippen molar-refractivity contribution in [2.75, 3.05) is 14.2 Å². The molecule has 2 N–H and O–H groups in total. The van der Waals surface area contributed by atoms with Gasteiger partial charge in [-0.25, -0.2) is 0 Å². The van der Waals surface area contributed by atoms with E-state index in [1.165, 1.54) is 0 Å². The van der Waals surface area contributed by atoms with Gasteiger partial charge in [0.05, 0.1) is 13.2 Å². The van der Waals surface area contributed by atoms with Gasteiger partial charge in [-0.1, -0.05) is 38.0 Å². The van der Waals surface area contributed by atoms with Crippen LogP contribution in [0.5, 0.6) is 5.75 Å². The quantitative estimate of drug-likeness (QED) is 0.801. The first kappa shape index (κ1) is 17.5. The van der Waals surface area contributed by atoms with Gasteiger partial charge in [0.15, 0.2) is 0 Å². The van der Waals surface area contributed by atoms with Crippen molar-refractivity contribution in [2.24, 2.45) is 5.73 Å². The average Bonchev–Trinajstić information content (AvgIpc) is 2.51. The van der Waals surface area contributed by atoms with E-state index in [-0.39, 0.29) is 11.9 Å². The van der Waals surface area contributed by atoms with Crippen molar-refractivity contribution in [3.63, 3.8) is 0 Å². The van der Waals surface area contributed by atoms with Gasteiger partial charge in [0.2, 0.25) is 5.91 Å². The number of para-hydroxylation sites is 1. The van der Waals surface area contributed by atoms with Crippen LogP contribution in [0.25, 0.3) is 0 Å². The zero-order valence-corrected chi connectivity index (χ0v) is 13.6. The maximum Gasteiger partial charge on any atom is 0.239 e. The second kappa shape index (κ2) is 8.67. The Hall–Kier alpha value is -1.55. The van der Waals surface area contributed by atoms with Crippen LogP contribution >= 0.6 is 0 Å². The van der Waals surface area contributed by atoms with E-state index in [2.05, 4.69) is 6.92 Å². The molecule has 0 bridgehead atoms. The molecule has 118 valence electrons. The lowest BCUT2D eigenvalue weighted by Gasteiger charge is -2.28. The van der Waals surface area contributed by atoms with Gasteiger partial charge in [0.25, 0.3) is 0 Å². The average molecular weight is 292 g/mol. The summed E-state index contributed by atoms with van der Waals surface area (Å²) in [5, 5.41) is 0. The van der Waals surface area contributed by atoms with E-state index in [9.17, 15) is 4.79 Å². The van der Waals surface area contributed by atoms with Crippen molar-refractivity contribution < 1.29 is 9.53 Å². The molecule has 0 aromatic heterocycles. The fraction of sp³-hybridized carbons (Fsp3) is 0.588. The largest absolute Gasteiger partial charge is 0.496 e. The summed E-state index contributed by atoms with van der Waals surface area (Å²) in [5.74, 6) is 0.881. The Bertz CT molecular complexity index is 448. The monoisotopic (exact) mass is 292 g/mol. The van der Waals surface area contributed by atoms with Gasteiger partial charge in [-0.05, 0) is 31.4 Å². The van der Waals surface area contributed by atoms with E-state index in [1.54, 1.807) is 12.0 Å². The molecule has 0 saturated heterocycles. The first-order valence-corrected chi connectivity index (χ1v) is 7.65. The first-order chi connectivity index (χ1) is 10.0. The molecule has 0 saturated carbocycles. The molecule has 0 radical (unpaired) electrons. The maximum absolute atomic E-state index is 12.3. The lowest BCUT2D eigenvalue weighted by Crippen LogP contribution is -2.46. The summed E-state index contributed by atoms with van der Waals surface area (Å²) in [4.78, 5) is 14.1. The number of carbonyl (C=O) groups excluding carboxylic acids is 1. The Labute approximate surface area is 128 Å². The third-order valence-electron chi connectivity index (χ3n) is 3.90. The molecule has 0 aliphatic carbocycles. The summed E-state index contributed by atoms with van der Waals surface area (Å²) >= 11 is 0. The van der Waals surface area contributed by atoms with Crippen molar-refractivity contribution in [3.8, 4) is 5.75 Å². The van der Waals surface area contributed by atoms with Crippen LogP contribution in [0.15, 0.2) is 24.3 Å². The molecule has 0 spiro atoms. The van der Waals surface area contributed by atoms with Gasteiger partial charge < -0.3 is 15.4 Å². The summed E-state index contributed by atoms with van der Waals surface area (Å²) in [5.41, 5.74) is 7.08. The number of unbranched alkanes of at least 4 members (excludes halogenated alkanes) is 1. The second-order valence-electron chi connectivity index (χ2n) is 5.56. The topological polar surface area (TPSA) is 55.6 Å². The van der Waals surface area contributed by atoms with E-state index in [0.29, 0.717) is 0 Å². The van der Waals surface area contributed by atoms with Crippen molar-refractivity contribution in [1.82, 2.24) is 4.90 Å². The molecule has 4 heteroatoms. The van der Waals surface area contributed by atoms with Crippen LogP contribution in [-0.4, -0.2) is 37.0 Å². The number of rotatable bonds is 8. The minimum Gasteiger partial charge on any atom is -0.496 e. The molecule has 1 aromatic carbocycles. The smallest absolute Gasteiger partial charge is 0.239 e. The van der Waals surface area contributed by atoms with E-state index in [1.807, 2.05) is 38.2 Å². The maximum atomic E-state index is 12.3. The fourth-order valence-corrected chi connectivity index (χ4v) is 2.35. The van der Waals surface area contributed by atoms with Crippen molar-refractivity contribution >= 4 is 5.91 Å². The third-order valence-corrected chi connectivity index (χ3v) is 3.90. The predicted molar refractivity (Wildman–Crippen MR) is 86.4 cm³/mol. The van der Waals surface area contributed by atoms with Crippen LogP contribution in [0, 0.1) is 0 Å². The molecular weight excluding hydrogens is 264 g/mol. The highest BCUT2D eigenvalue weighted by Crippen LogP contribution is 2.20. The number of nitrogens with two attached hydrogens (primary N) is 1. The molecule has 0 aliphatic heterocycles. The summed E-state index contributed by atoms with van der Waals surface area (Å²) < 4.78 is 5.36. The third kappa shape index (κ3) is 5.05. The summed E-state index contributed by atoms with van der Waals surface area (Å²) in [6.45, 7) is 4.14. The number of likely N-dealkylation sites (N-methyl/N-ethyl adjacent to an activating group) is 1. The number of amides is 1. The summed E-state index contributed by atoms with van der Waals surface area (Å²) in [6, 6.07) is 7.60. The lowest BCUT2D eigenvalue weighted by molar-refractivity contribution is -0.133. The van der Waals surface area contributed by atoms with E-state index < -0.39 is 6.04 Å². The summed E-state index contributed by atoms with van der Waals surface area (Å²) in [6.07, 6.45) is 3.55. The number of methoxy groups -OCH3 is 1. The number of benzene rings is 1. The summed E-state index contributed by atoms with van der Waals surface area (Å²) in [7, 11) is 3.49. The van der Waals surface area contributed by atoms with Crippen molar-refractivity contribution in [3.05, 3.63) is 29.8 Å². The Morgan fingerprint density at radius 1 is 1.38 bits per heavy atom. The fourth-order valence-electron chi connectivity index (χ4n) is 2.35.